The summed E-state index contributed by atoms with van der Waals surface area (Å²) in [7, 11) is 1.76. The summed E-state index contributed by atoms with van der Waals surface area (Å²) in [4.78, 5) is 11.3. The Bertz CT molecular complexity index is 1010. The maximum atomic E-state index is 14.3. The number of fused-ring (bicyclic) bond motifs is 1. The largest absolute Gasteiger partial charge is 0.578 e. The van der Waals surface area contributed by atoms with Gasteiger partial charge in [0.05, 0.1) is 11.6 Å². The second-order valence-electron chi connectivity index (χ2n) is 9.44. The predicted molar refractivity (Wildman–Crippen MR) is 132 cm³/mol. The molecule has 2 fully saturated rings. The highest BCUT2D eigenvalue weighted by Crippen LogP contribution is 2.30. The maximum Gasteiger partial charge on any atom is 0.365 e. The molecule has 2 heterocycles. The molecule has 0 radical (unpaired) electrons. The fraction of sp³-hybridized carbons (Fsp3) is 0.600. The number of methoxy groups -OCH3 is 1. The van der Waals surface area contributed by atoms with Crippen LogP contribution in [0.4, 0.5) is 10.2 Å². The van der Waals surface area contributed by atoms with Gasteiger partial charge in [-0.1, -0.05) is 19.3 Å². The van der Waals surface area contributed by atoms with Crippen LogP contribution in [0.1, 0.15) is 56.6 Å². The number of hydrogen-bond acceptors (Lipinski definition) is 6. The van der Waals surface area contributed by atoms with Crippen molar-refractivity contribution in [3.05, 3.63) is 35.1 Å². The van der Waals surface area contributed by atoms with Gasteiger partial charge in [0.2, 0.25) is 0 Å². The lowest BCUT2D eigenvalue weighted by Crippen LogP contribution is -2.56. The van der Waals surface area contributed by atoms with Crippen LogP contribution in [0.2, 0.25) is 0 Å². The van der Waals surface area contributed by atoms with Crippen molar-refractivity contribution in [2.24, 2.45) is 10.7 Å². The molecule has 33 heavy (non-hydrogen) atoms. The normalized spacial score (nSPS) is 23.8. The van der Waals surface area contributed by atoms with Crippen molar-refractivity contribution < 1.29 is 14.2 Å². The molecule has 1 saturated heterocycles. The van der Waals surface area contributed by atoms with Gasteiger partial charge in [-0.3, -0.25) is 0 Å². The third-order valence-electron chi connectivity index (χ3n) is 6.96. The number of hydrogen-bond donors (Lipinski definition) is 2. The highest BCUT2D eigenvalue weighted by molar-refractivity contribution is 6.01. The molecule has 3 atom stereocenters. The first kappa shape index (κ1) is 23.9. The molecule has 1 aliphatic carbocycles. The molecule has 4 rings (SSSR count). The van der Waals surface area contributed by atoms with Gasteiger partial charge in [-0.05, 0) is 51.3 Å². The van der Waals surface area contributed by atoms with Crippen molar-refractivity contribution in [2.75, 3.05) is 25.1 Å². The zero-order chi connectivity index (χ0) is 23.5. The van der Waals surface area contributed by atoms with Crippen LogP contribution in [-0.2, 0) is 4.74 Å². The van der Waals surface area contributed by atoms with Crippen LogP contribution in [0.3, 0.4) is 0 Å². The monoisotopic (exact) mass is 458 g/mol. The van der Waals surface area contributed by atoms with Gasteiger partial charge in [-0.2, -0.15) is 4.99 Å². The molecule has 2 aliphatic rings. The van der Waals surface area contributed by atoms with E-state index in [9.17, 15) is 4.39 Å². The minimum Gasteiger partial charge on any atom is -0.578 e. The van der Waals surface area contributed by atoms with Gasteiger partial charge < -0.3 is 25.8 Å². The van der Waals surface area contributed by atoms with Crippen molar-refractivity contribution in [1.29, 1.82) is 0 Å². The molecule has 1 aromatic heterocycles. The summed E-state index contributed by atoms with van der Waals surface area (Å²) in [5.41, 5.74) is 7.58. The zero-order valence-electron chi connectivity index (χ0n) is 19.9. The summed E-state index contributed by atoms with van der Waals surface area (Å²) in [6, 6.07) is 5.87. The standard InChI is InChI=1S/C25H36FN5O2/c1-15-20(26)10-9-17-13-19(25(32)28-16(2)27)24(30-23(15)17)31-12-11-21(22(14-31)33-3)29-18-7-5-4-6-8-18/h9-10,13,16,18,21-22,29H,4-8,11-12,14,27H2,1-3H3,(H,28,32)/p+1/t16?,21-,22+/m1/s1. The van der Waals surface area contributed by atoms with Crippen LogP contribution in [-0.4, -0.2) is 60.5 Å². The molecule has 1 aliphatic heterocycles. The second kappa shape index (κ2) is 10.3. The van der Waals surface area contributed by atoms with E-state index in [1.54, 1.807) is 27.0 Å². The van der Waals surface area contributed by atoms with Gasteiger partial charge in [0.1, 0.15) is 23.4 Å². The summed E-state index contributed by atoms with van der Waals surface area (Å²) >= 11 is 0. The number of piperidine rings is 1. The summed E-state index contributed by atoms with van der Waals surface area (Å²) in [5, 5.41) is 13.2. The van der Waals surface area contributed by atoms with Crippen molar-refractivity contribution in [3.63, 3.8) is 0 Å². The van der Waals surface area contributed by atoms with Gasteiger partial charge in [-0.15, -0.1) is 0 Å². The van der Waals surface area contributed by atoms with Gasteiger partial charge in [0, 0.05) is 43.2 Å². The summed E-state index contributed by atoms with van der Waals surface area (Å²) in [6.45, 7) is 4.90. The molecule has 1 saturated carbocycles. The summed E-state index contributed by atoms with van der Waals surface area (Å²) in [6.07, 6.45) is 6.79. The zero-order valence-corrected chi connectivity index (χ0v) is 19.9. The summed E-state index contributed by atoms with van der Waals surface area (Å²) < 4.78 is 20.2. The van der Waals surface area contributed by atoms with Crippen molar-refractivity contribution in [1.82, 2.24) is 10.3 Å². The van der Waals surface area contributed by atoms with Crippen LogP contribution in [0.25, 0.3) is 10.9 Å². The Labute approximate surface area is 195 Å². The Hall–Kier alpha value is -2.29. The van der Waals surface area contributed by atoms with Crippen molar-refractivity contribution >= 4 is 22.6 Å². The lowest BCUT2D eigenvalue weighted by molar-refractivity contribution is 0.0534. The van der Waals surface area contributed by atoms with Crippen LogP contribution in [0.15, 0.2) is 23.2 Å². The van der Waals surface area contributed by atoms with Crippen LogP contribution >= 0.6 is 0 Å². The van der Waals surface area contributed by atoms with E-state index in [1.807, 2.05) is 6.07 Å². The quantitative estimate of drug-likeness (QED) is 0.394. The molecule has 0 bridgehead atoms. The van der Waals surface area contributed by atoms with E-state index in [-0.39, 0.29) is 23.9 Å². The van der Waals surface area contributed by atoms with Gasteiger partial charge in [0.25, 0.3) is 0 Å². The van der Waals surface area contributed by atoms with Gasteiger partial charge in [-0.25, -0.2) is 9.37 Å². The van der Waals surface area contributed by atoms with E-state index in [0.717, 1.165) is 18.4 Å². The van der Waals surface area contributed by atoms with Crippen molar-refractivity contribution in [2.45, 2.75) is 76.7 Å². The van der Waals surface area contributed by atoms with E-state index in [0.29, 0.717) is 35.0 Å². The average Bonchev–Trinajstić information content (AvgIpc) is 2.81. The molecule has 1 unspecified atom stereocenters. The fourth-order valence-corrected chi connectivity index (χ4v) is 5.15. The number of nitrogens with zero attached hydrogens (tertiary/aromatic N) is 3. The predicted octanol–water partition coefficient (Wildman–Crippen LogP) is 2.97. The first-order valence-electron chi connectivity index (χ1n) is 12.1. The number of aliphatic imine (C=N–C) groups is 1. The van der Waals surface area contributed by atoms with E-state index in [2.05, 4.69) is 15.2 Å². The SMILES string of the molecule is CO[C@H]1CN(c2nc3c(C)c(F)ccc3cc2/C([OH2+])=N/C(C)N)CC[C@H]1NC1CCCCC1. The Morgan fingerprint density at radius 2 is 2.06 bits per heavy atom. The number of aromatic nitrogens is 1. The maximum absolute atomic E-state index is 14.3. The van der Waals surface area contributed by atoms with Crippen LogP contribution in [0, 0.1) is 12.7 Å². The van der Waals surface area contributed by atoms with Crippen LogP contribution < -0.4 is 16.0 Å². The fourth-order valence-electron chi connectivity index (χ4n) is 5.15. The molecule has 2 aromatic rings. The Morgan fingerprint density at radius 1 is 1.30 bits per heavy atom. The first-order valence-corrected chi connectivity index (χ1v) is 12.1. The minimum atomic E-state index is -0.492. The molecular formula is C25H37FN5O2+. The highest BCUT2D eigenvalue weighted by Gasteiger charge is 2.34. The lowest BCUT2D eigenvalue weighted by Gasteiger charge is -2.41. The second-order valence-corrected chi connectivity index (χ2v) is 9.44. The van der Waals surface area contributed by atoms with E-state index < -0.39 is 6.17 Å². The molecule has 0 spiro atoms. The van der Waals surface area contributed by atoms with Crippen LogP contribution in [0.5, 0.6) is 0 Å². The highest BCUT2D eigenvalue weighted by atomic mass is 19.1. The number of aryl methyl sites for hydroxylation is 1. The number of anilines is 1. The molecule has 1 aromatic carbocycles. The number of rotatable bonds is 6. The number of nitrogens with one attached hydrogen (secondary N) is 1. The topological polar surface area (TPSA) is 98.7 Å². The number of pyridine rings is 1. The van der Waals surface area contributed by atoms with E-state index in [4.69, 9.17) is 20.6 Å². The minimum absolute atomic E-state index is 0.000755. The number of ether oxygens (including phenoxy) is 1. The van der Waals surface area contributed by atoms with Gasteiger partial charge >= 0.3 is 5.90 Å². The Kier molecular flexibility index (Phi) is 7.46. The number of halogens is 1. The number of nitrogens with two attached hydrogens (primary N) is 1. The molecule has 8 heteroatoms. The molecule has 7 nitrogen and oxygen atoms in total. The molecule has 5 N–H and O–H groups in total. The summed E-state index contributed by atoms with van der Waals surface area (Å²) in [5.74, 6) is 0.450. The van der Waals surface area contributed by atoms with Crippen molar-refractivity contribution in [3.8, 4) is 0 Å². The third kappa shape index (κ3) is 5.28. The third-order valence-corrected chi connectivity index (χ3v) is 6.96. The molecular weight excluding hydrogens is 421 g/mol. The average molecular weight is 459 g/mol. The molecule has 0 amide bonds. The van der Waals surface area contributed by atoms with E-state index >= 15 is 0 Å². The smallest absolute Gasteiger partial charge is 0.365 e. The Balaban J connectivity index is 1.66. The van der Waals surface area contributed by atoms with Gasteiger partial charge in [0.15, 0.2) is 0 Å². The molecule has 180 valence electrons. The first-order chi connectivity index (χ1) is 15.9. The lowest BCUT2D eigenvalue weighted by atomic mass is 9.92. The van der Waals surface area contributed by atoms with E-state index in [1.165, 1.54) is 38.2 Å². The Morgan fingerprint density at radius 3 is 2.76 bits per heavy atom. The number of benzene rings is 1.